The number of hydrogen-bond donors (Lipinski definition) is 2. The van der Waals surface area contributed by atoms with Crippen LogP contribution < -0.4 is 30.1 Å². The Morgan fingerprint density at radius 1 is 1.07 bits per heavy atom. The molecule has 0 aliphatic carbocycles. The number of ether oxygens (including phenoxy) is 1. The number of likely N-dealkylation sites (N-methyl/N-ethyl adjacent to an activating group) is 2. The lowest BCUT2D eigenvalue weighted by Gasteiger charge is -2.42. The van der Waals surface area contributed by atoms with Gasteiger partial charge in [-0.2, -0.15) is 4.98 Å². The van der Waals surface area contributed by atoms with Crippen molar-refractivity contribution >= 4 is 46.3 Å². The molecule has 1 saturated heterocycles. The van der Waals surface area contributed by atoms with Crippen LogP contribution in [0.5, 0.6) is 5.75 Å². The van der Waals surface area contributed by atoms with E-state index in [9.17, 15) is 9.59 Å². The zero-order valence-electron chi connectivity index (χ0n) is 25.2. The first-order valence-electron chi connectivity index (χ1n) is 14.4. The third-order valence-corrected chi connectivity index (χ3v) is 7.95. The average molecular weight is 573 g/mol. The van der Waals surface area contributed by atoms with Crippen molar-refractivity contribution in [1.29, 1.82) is 0 Å². The van der Waals surface area contributed by atoms with E-state index < -0.39 is 0 Å². The number of fused-ring (bicyclic) bond motifs is 1. The molecule has 222 valence electrons. The topological polar surface area (TPSA) is 106 Å². The SMILES string of the molecule is CC[C@@H]1C(=O)N(C)c2cnc(Nc3ccc(NC(=O)c4ccc(N5CCN(C)CC5)cc4)cc3OC)nc2N1C(C)C. The summed E-state index contributed by atoms with van der Waals surface area (Å²) in [5.41, 5.74) is 3.64. The lowest BCUT2D eigenvalue weighted by atomic mass is 10.1. The molecule has 3 aromatic rings. The standard InChI is InChI=1S/C31H40N8O3/c1-7-25-30(41)37(5)26-19-32-31(35-28(26)39(25)20(2)3)34-24-13-10-22(18-27(24)42-6)33-29(40)21-8-11-23(12-9-21)38-16-14-36(4)15-17-38/h8-13,18-20,25H,7,14-17H2,1-6H3,(H,33,40)(H,32,34,35)/t25-/m1/s1. The van der Waals surface area contributed by atoms with Gasteiger partial charge in [-0.25, -0.2) is 4.98 Å². The minimum absolute atomic E-state index is 0.0355. The van der Waals surface area contributed by atoms with E-state index in [2.05, 4.69) is 51.2 Å². The molecule has 1 fully saturated rings. The molecule has 2 aromatic carbocycles. The van der Waals surface area contributed by atoms with Gasteiger partial charge < -0.3 is 35.0 Å². The van der Waals surface area contributed by atoms with Crippen LogP contribution in [0.2, 0.25) is 0 Å². The fraction of sp³-hybridized carbons (Fsp3) is 0.419. The van der Waals surface area contributed by atoms with E-state index in [4.69, 9.17) is 9.72 Å². The van der Waals surface area contributed by atoms with Gasteiger partial charge in [0, 0.05) is 62.3 Å². The molecule has 11 heteroatoms. The maximum atomic E-state index is 13.0. The maximum absolute atomic E-state index is 13.0. The van der Waals surface area contributed by atoms with Crippen molar-refractivity contribution in [2.45, 2.75) is 39.3 Å². The van der Waals surface area contributed by atoms with Gasteiger partial charge in [-0.1, -0.05) is 6.92 Å². The molecule has 2 aliphatic rings. The highest BCUT2D eigenvalue weighted by Crippen LogP contribution is 2.37. The van der Waals surface area contributed by atoms with Gasteiger partial charge in [0.25, 0.3) is 5.91 Å². The highest BCUT2D eigenvalue weighted by atomic mass is 16.5. The highest BCUT2D eigenvalue weighted by Gasteiger charge is 2.38. The van der Waals surface area contributed by atoms with Crippen molar-refractivity contribution in [2.75, 3.05) is 72.7 Å². The zero-order valence-corrected chi connectivity index (χ0v) is 25.2. The van der Waals surface area contributed by atoms with Crippen LogP contribution in [0.4, 0.5) is 34.5 Å². The van der Waals surface area contributed by atoms with Gasteiger partial charge in [0.2, 0.25) is 11.9 Å². The van der Waals surface area contributed by atoms with E-state index in [0.29, 0.717) is 46.6 Å². The molecule has 42 heavy (non-hydrogen) atoms. The predicted molar refractivity (Wildman–Crippen MR) is 168 cm³/mol. The van der Waals surface area contributed by atoms with Gasteiger partial charge in [0.15, 0.2) is 5.82 Å². The van der Waals surface area contributed by atoms with Crippen LogP contribution in [0.25, 0.3) is 0 Å². The minimum atomic E-state index is -0.286. The van der Waals surface area contributed by atoms with Crippen LogP contribution in [-0.2, 0) is 4.79 Å². The molecule has 0 bridgehead atoms. The smallest absolute Gasteiger partial charge is 0.255 e. The van der Waals surface area contributed by atoms with Crippen molar-refractivity contribution < 1.29 is 14.3 Å². The Labute approximate surface area is 247 Å². The number of aromatic nitrogens is 2. The fourth-order valence-electron chi connectivity index (χ4n) is 5.52. The molecular formula is C31H40N8O3. The quantitative estimate of drug-likeness (QED) is 0.411. The summed E-state index contributed by atoms with van der Waals surface area (Å²) in [6, 6.07) is 12.9. The molecule has 0 unspecified atom stereocenters. The number of anilines is 6. The molecule has 2 aliphatic heterocycles. The number of piperazine rings is 1. The molecule has 0 spiro atoms. The molecular weight excluding hydrogens is 532 g/mol. The lowest BCUT2D eigenvalue weighted by Crippen LogP contribution is -2.54. The minimum Gasteiger partial charge on any atom is -0.494 e. The first kappa shape index (κ1) is 29.1. The van der Waals surface area contributed by atoms with Crippen LogP contribution >= 0.6 is 0 Å². The van der Waals surface area contributed by atoms with Gasteiger partial charge in [-0.05, 0) is 63.7 Å². The van der Waals surface area contributed by atoms with Crippen molar-refractivity contribution in [3.05, 3.63) is 54.2 Å². The van der Waals surface area contributed by atoms with E-state index in [-0.39, 0.29) is 23.9 Å². The van der Waals surface area contributed by atoms with E-state index in [1.165, 1.54) is 0 Å². The molecule has 0 radical (unpaired) electrons. The highest BCUT2D eigenvalue weighted by molar-refractivity contribution is 6.05. The van der Waals surface area contributed by atoms with Crippen molar-refractivity contribution in [3.63, 3.8) is 0 Å². The molecule has 1 atom stereocenters. The van der Waals surface area contributed by atoms with E-state index in [1.807, 2.05) is 37.3 Å². The average Bonchev–Trinajstić information content (AvgIpc) is 2.99. The maximum Gasteiger partial charge on any atom is 0.255 e. The summed E-state index contributed by atoms with van der Waals surface area (Å²) in [6.07, 6.45) is 2.34. The number of rotatable bonds is 8. The van der Waals surface area contributed by atoms with Crippen LogP contribution in [0.3, 0.4) is 0 Å². The van der Waals surface area contributed by atoms with Crippen LogP contribution in [0.15, 0.2) is 48.7 Å². The number of benzene rings is 2. The lowest BCUT2D eigenvalue weighted by molar-refractivity contribution is -0.120. The van der Waals surface area contributed by atoms with Crippen LogP contribution in [-0.4, -0.2) is 86.2 Å². The summed E-state index contributed by atoms with van der Waals surface area (Å²) in [5, 5.41) is 6.21. The second-order valence-electron chi connectivity index (χ2n) is 11.1. The Balaban J connectivity index is 1.30. The first-order chi connectivity index (χ1) is 20.2. The number of amides is 2. The third kappa shape index (κ3) is 5.82. The number of nitrogens with zero attached hydrogens (tertiary/aromatic N) is 6. The monoisotopic (exact) mass is 572 g/mol. The van der Waals surface area contributed by atoms with Gasteiger partial charge in [-0.3, -0.25) is 9.59 Å². The summed E-state index contributed by atoms with van der Waals surface area (Å²) in [7, 11) is 5.47. The molecule has 1 aromatic heterocycles. The van der Waals surface area contributed by atoms with Gasteiger partial charge >= 0.3 is 0 Å². The van der Waals surface area contributed by atoms with E-state index >= 15 is 0 Å². The summed E-state index contributed by atoms with van der Waals surface area (Å²) in [5.74, 6) is 1.45. The second kappa shape index (κ2) is 12.2. The van der Waals surface area contributed by atoms with E-state index in [1.54, 1.807) is 37.4 Å². The van der Waals surface area contributed by atoms with Gasteiger partial charge in [0.1, 0.15) is 17.5 Å². The van der Waals surface area contributed by atoms with Crippen molar-refractivity contribution in [1.82, 2.24) is 14.9 Å². The number of carbonyl (C=O) groups excluding carboxylic acids is 2. The number of nitrogens with one attached hydrogen (secondary N) is 2. The largest absolute Gasteiger partial charge is 0.494 e. The number of hydrogen-bond acceptors (Lipinski definition) is 9. The Hall–Kier alpha value is -4.38. The Morgan fingerprint density at radius 2 is 1.79 bits per heavy atom. The molecule has 11 nitrogen and oxygen atoms in total. The Bertz CT molecular complexity index is 1440. The van der Waals surface area contributed by atoms with E-state index in [0.717, 1.165) is 31.9 Å². The number of methoxy groups -OCH3 is 1. The number of carbonyl (C=O) groups is 2. The van der Waals surface area contributed by atoms with Gasteiger partial charge in [-0.15, -0.1) is 0 Å². The van der Waals surface area contributed by atoms with Crippen LogP contribution in [0.1, 0.15) is 37.6 Å². The van der Waals surface area contributed by atoms with Crippen molar-refractivity contribution in [2.24, 2.45) is 0 Å². The molecule has 5 rings (SSSR count). The molecule has 0 saturated carbocycles. The third-order valence-electron chi connectivity index (χ3n) is 7.95. The predicted octanol–water partition coefficient (Wildman–Crippen LogP) is 4.20. The van der Waals surface area contributed by atoms with Crippen LogP contribution in [0, 0.1) is 0 Å². The van der Waals surface area contributed by atoms with Crippen molar-refractivity contribution in [3.8, 4) is 5.75 Å². The zero-order chi connectivity index (χ0) is 30.0. The summed E-state index contributed by atoms with van der Waals surface area (Å²) >= 11 is 0. The Kier molecular flexibility index (Phi) is 8.49. The molecule has 3 heterocycles. The molecule has 2 amide bonds. The van der Waals surface area contributed by atoms with Gasteiger partial charge in [0.05, 0.1) is 19.0 Å². The molecule has 2 N–H and O–H groups in total. The fourth-order valence-corrected chi connectivity index (χ4v) is 5.52. The summed E-state index contributed by atoms with van der Waals surface area (Å²) in [4.78, 5) is 43.6. The summed E-state index contributed by atoms with van der Waals surface area (Å²) < 4.78 is 5.63. The summed E-state index contributed by atoms with van der Waals surface area (Å²) in [6.45, 7) is 10.1. The second-order valence-corrected chi connectivity index (χ2v) is 11.1. The normalized spacial score (nSPS) is 17.4. The first-order valence-corrected chi connectivity index (χ1v) is 14.4. The Morgan fingerprint density at radius 3 is 2.43 bits per heavy atom.